The molecule has 1 N–H and O–H groups in total. The molecule has 2 aliphatic rings. The van der Waals surface area contributed by atoms with Crippen LogP contribution in [0.15, 0.2) is 48.5 Å². The summed E-state index contributed by atoms with van der Waals surface area (Å²) in [7, 11) is 1.89. The Bertz CT molecular complexity index is 1620. The predicted molar refractivity (Wildman–Crippen MR) is 144 cm³/mol. The van der Waals surface area contributed by atoms with Crippen LogP contribution in [0.1, 0.15) is 12.8 Å². The summed E-state index contributed by atoms with van der Waals surface area (Å²) >= 11 is 1.27. The average molecular weight is 532 g/mol. The first-order chi connectivity index (χ1) is 18.6. The number of halogens is 1. The number of aromatic nitrogens is 5. The van der Waals surface area contributed by atoms with E-state index in [9.17, 15) is 0 Å². The molecule has 0 unspecified atom stereocenters. The van der Waals surface area contributed by atoms with Gasteiger partial charge in [-0.2, -0.15) is 5.10 Å². The number of ether oxygens (including phenoxy) is 2. The highest BCUT2D eigenvalue weighted by Crippen LogP contribution is 2.38. The monoisotopic (exact) mass is 531 g/mol. The van der Waals surface area contributed by atoms with Gasteiger partial charge in [-0.25, -0.2) is 19.3 Å². The standard InChI is InChI=1S/C27H26FN7O2S/c1-34-11-17(10-32-34)16-8-22-24(23(9-16)37-19-4-6-35(7-5-19)18-12-36-13-18)27(30-14-29-22)33-20-2-3-21-26(25(20)28)38-15-31-21/h2-3,8-11,14-15,18-19H,4-7,12-13H2,1H3,(H,29,30,33). The van der Waals surface area contributed by atoms with Gasteiger partial charge in [-0.1, -0.05) is 0 Å². The van der Waals surface area contributed by atoms with Crippen LogP contribution in [0.5, 0.6) is 5.75 Å². The minimum absolute atomic E-state index is 0.0536. The number of hydrogen-bond donors (Lipinski definition) is 1. The van der Waals surface area contributed by atoms with E-state index >= 15 is 4.39 Å². The molecule has 38 heavy (non-hydrogen) atoms. The SMILES string of the molecule is Cn1cc(-c2cc(OC3CCN(C4COC4)CC3)c3c(Nc4ccc5ncsc5c4F)ncnc3c2)cn1. The van der Waals surface area contributed by atoms with E-state index in [-0.39, 0.29) is 11.9 Å². The first-order valence-electron chi connectivity index (χ1n) is 12.7. The van der Waals surface area contributed by atoms with Crippen molar-refractivity contribution in [1.82, 2.24) is 29.6 Å². The van der Waals surface area contributed by atoms with Gasteiger partial charge in [0.15, 0.2) is 5.82 Å². The third kappa shape index (κ3) is 4.26. The molecule has 0 amide bonds. The van der Waals surface area contributed by atoms with E-state index in [0.29, 0.717) is 39.0 Å². The number of fused-ring (bicyclic) bond motifs is 2. The highest BCUT2D eigenvalue weighted by Gasteiger charge is 2.30. The Labute approximate surface area is 222 Å². The second-order valence-corrected chi connectivity index (χ2v) is 10.6. The lowest BCUT2D eigenvalue weighted by atomic mass is 10.0. The van der Waals surface area contributed by atoms with Crippen LogP contribution >= 0.6 is 11.3 Å². The van der Waals surface area contributed by atoms with Crippen molar-refractivity contribution in [3.8, 4) is 16.9 Å². The lowest BCUT2D eigenvalue weighted by Crippen LogP contribution is -2.52. The molecule has 11 heteroatoms. The van der Waals surface area contributed by atoms with E-state index in [1.165, 1.54) is 17.7 Å². The third-order valence-corrected chi connectivity index (χ3v) is 8.17. The molecule has 7 rings (SSSR count). The summed E-state index contributed by atoms with van der Waals surface area (Å²) in [4.78, 5) is 15.8. The highest BCUT2D eigenvalue weighted by molar-refractivity contribution is 7.16. The van der Waals surface area contributed by atoms with E-state index in [0.717, 1.165) is 55.7 Å². The predicted octanol–water partition coefficient (Wildman–Crippen LogP) is 4.76. The summed E-state index contributed by atoms with van der Waals surface area (Å²) in [5.74, 6) is 0.822. The van der Waals surface area contributed by atoms with Gasteiger partial charge in [0.1, 0.15) is 24.0 Å². The number of piperidine rings is 1. The van der Waals surface area contributed by atoms with E-state index in [1.807, 2.05) is 31.6 Å². The van der Waals surface area contributed by atoms with E-state index in [2.05, 4.69) is 30.3 Å². The van der Waals surface area contributed by atoms with Crippen molar-refractivity contribution < 1.29 is 13.9 Å². The third-order valence-electron chi connectivity index (χ3n) is 7.34. The Hall–Kier alpha value is -3.67. The van der Waals surface area contributed by atoms with Crippen LogP contribution in [-0.2, 0) is 11.8 Å². The van der Waals surface area contributed by atoms with Gasteiger partial charge in [-0.05, 0) is 42.7 Å². The fourth-order valence-corrected chi connectivity index (χ4v) is 5.90. The summed E-state index contributed by atoms with van der Waals surface area (Å²) in [6.45, 7) is 3.58. The van der Waals surface area contributed by atoms with Crippen LogP contribution < -0.4 is 10.1 Å². The Balaban J connectivity index is 1.27. The van der Waals surface area contributed by atoms with Crippen molar-refractivity contribution in [2.24, 2.45) is 7.05 Å². The van der Waals surface area contributed by atoms with Gasteiger partial charge >= 0.3 is 0 Å². The van der Waals surface area contributed by atoms with Gasteiger partial charge in [0.05, 0.1) is 57.8 Å². The molecule has 9 nitrogen and oxygen atoms in total. The molecule has 0 bridgehead atoms. The maximum absolute atomic E-state index is 15.3. The Morgan fingerprint density at radius 1 is 1.08 bits per heavy atom. The minimum atomic E-state index is -0.349. The average Bonchev–Trinajstić information content (AvgIpc) is 3.55. The maximum atomic E-state index is 15.3. The van der Waals surface area contributed by atoms with Crippen LogP contribution in [0, 0.1) is 5.82 Å². The van der Waals surface area contributed by atoms with E-state index in [4.69, 9.17) is 9.47 Å². The molecule has 3 aromatic heterocycles. The number of anilines is 2. The van der Waals surface area contributed by atoms with Gasteiger partial charge in [-0.15, -0.1) is 11.3 Å². The lowest BCUT2D eigenvalue weighted by molar-refractivity contribution is -0.0777. The summed E-state index contributed by atoms with van der Waals surface area (Å²) in [6.07, 6.45) is 7.17. The van der Waals surface area contributed by atoms with Gasteiger partial charge in [0, 0.05) is 31.9 Å². The second kappa shape index (κ2) is 9.57. The quantitative estimate of drug-likeness (QED) is 0.335. The molecule has 0 saturated carbocycles. The number of rotatable bonds is 6. The molecule has 0 aliphatic carbocycles. The Morgan fingerprint density at radius 2 is 1.95 bits per heavy atom. The van der Waals surface area contributed by atoms with E-state index < -0.39 is 0 Å². The normalized spacial score (nSPS) is 17.2. The van der Waals surface area contributed by atoms with Gasteiger partial charge in [-0.3, -0.25) is 9.58 Å². The number of thiazole rings is 1. The van der Waals surface area contributed by atoms with E-state index in [1.54, 1.807) is 22.3 Å². The number of likely N-dealkylation sites (tertiary alicyclic amines) is 1. The van der Waals surface area contributed by atoms with Gasteiger partial charge in [0.25, 0.3) is 0 Å². The molecular formula is C27H26FN7O2S. The molecule has 0 spiro atoms. The smallest absolute Gasteiger partial charge is 0.166 e. The second-order valence-electron chi connectivity index (χ2n) is 9.79. The first kappa shape index (κ1) is 23.4. The zero-order chi connectivity index (χ0) is 25.6. The molecule has 0 radical (unpaired) electrons. The molecule has 2 fully saturated rings. The van der Waals surface area contributed by atoms with Crippen LogP contribution in [-0.4, -0.2) is 68.1 Å². The van der Waals surface area contributed by atoms with Crippen molar-refractivity contribution in [3.63, 3.8) is 0 Å². The molecular weight excluding hydrogens is 505 g/mol. The number of nitrogens with zero attached hydrogens (tertiary/aromatic N) is 6. The van der Waals surface area contributed by atoms with Crippen LogP contribution in [0.4, 0.5) is 15.9 Å². The summed E-state index contributed by atoms with van der Waals surface area (Å²) in [5, 5.41) is 8.26. The first-order valence-corrected chi connectivity index (χ1v) is 13.6. The topological polar surface area (TPSA) is 90.2 Å². The molecule has 5 aromatic rings. The summed E-state index contributed by atoms with van der Waals surface area (Å²) in [5.41, 5.74) is 5.24. The van der Waals surface area contributed by atoms with Crippen LogP contribution in [0.3, 0.4) is 0 Å². The number of aryl methyl sites for hydroxylation is 1. The van der Waals surface area contributed by atoms with Gasteiger partial charge in [0.2, 0.25) is 0 Å². The highest BCUT2D eigenvalue weighted by atomic mass is 32.1. The molecule has 2 aliphatic heterocycles. The largest absolute Gasteiger partial charge is 0.489 e. The van der Waals surface area contributed by atoms with Crippen molar-refractivity contribution in [3.05, 3.63) is 54.3 Å². The minimum Gasteiger partial charge on any atom is -0.489 e. The van der Waals surface area contributed by atoms with Crippen LogP contribution in [0.25, 0.3) is 32.2 Å². The maximum Gasteiger partial charge on any atom is 0.166 e. The molecule has 2 aromatic carbocycles. The van der Waals surface area contributed by atoms with Crippen LogP contribution in [0.2, 0.25) is 0 Å². The molecule has 194 valence electrons. The van der Waals surface area contributed by atoms with Crippen molar-refractivity contribution in [2.75, 3.05) is 31.6 Å². The fraction of sp³-hybridized carbons (Fsp3) is 0.333. The molecule has 2 saturated heterocycles. The fourth-order valence-electron chi connectivity index (χ4n) is 5.17. The zero-order valence-electron chi connectivity index (χ0n) is 20.8. The molecule has 5 heterocycles. The summed E-state index contributed by atoms with van der Waals surface area (Å²) < 4.78 is 29.6. The van der Waals surface area contributed by atoms with Gasteiger partial charge < -0.3 is 14.8 Å². The molecule has 0 atom stereocenters. The Morgan fingerprint density at radius 3 is 2.71 bits per heavy atom. The van der Waals surface area contributed by atoms with Crippen molar-refractivity contribution >= 4 is 44.0 Å². The lowest BCUT2D eigenvalue weighted by Gasteiger charge is -2.41. The van der Waals surface area contributed by atoms with Crippen molar-refractivity contribution in [1.29, 1.82) is 0 Å². The number of hydrogen-bond acceptors (Lipinski definition) is 9. The zero-order valence-corrected chi connectivity index (χ0v) is 21.6. The number of benzene rings is 2. The summed E-state index contributed by atoms with van der Waals surface area (Å²) in [6, 6.07) is 8.03. The number of nitrogens with one attached hydrogen (secondary N) is 1. The van der Waals surface area contributed by atoms with Crippen molar-refractivity contribution in [2.45, 2.75) is 25.0 Å². The Kier molecular flexibility index (Phi) is 5.91.